The van der Waals surface area contributed by atoms with Crippen LogP contribution in [0, 0.1) is 6.92 Å². The first-order valence-corrected chi connectivity index (χ1v) is 10.3. The van der Waals surface area contributed by atoms with Crippen molar-refractivity contribution in [3.05, 3.63) is 57.7 Å². The molecule has 8 nitrogen and oxygen atoms in total. The summed E-state index contributed by atoms with van der Waals surface area (Å²) >= 11 is 1.58. The zero-order chi connectivity index (χ0) is 23.3. The van der Waals surface area contributed by atoms with Crippen LogP contribution in [-0.2, 0) is 11.3 Å². The molecule has 0 bridgehead atoms. The highest BCUT2D eigenvalue weighted by atomic mass is 32.1. The van der Waals surface area contributed by atoms with Gasteiger partial charge in [0.2, 0.25) is 0 Å². The number of carboxylic acid groups (broad SMARTS) is 1. The molecule has 1 fully saturated rings. The molecule has 4 rings (SSSR count). The molecule has 0 radical (unpaired) electrons. The number of benzene rings is 1. The minimum absolute atomic E-state index is 0.0991. The van der Waals surface area contributed by atoms with Crippen LogP contribution in [0.25, 0.3) is 11.3 Å². The summed E-state index contributed by atoms with van der Waals surface area (Å²) in [5.74, 6) is -2.38. The fourth-order valence-corrected chi connectivity index (χ4v) is 3.67. The molecule has 0 atom stereocenters. The maximum absolute atomic E-state index is 12.5. The Bertz CT molecular complexity index is 1080. The highest BCUT2D eigenvalue weighted by Crippen LogP contribution is 2.24. The third-order valence-electron chi connectivity index (χ3n) is 4.60. The van der Waals surface area contributed by atoms with E-state index in [1.165, 1.54) is 0 Å². The first kappa shape index (κ1) is 23.4. The number of carbonyl (C=O) groups is 2. The summed E-state index contributed by atoms with van der Waals surface area (Å²) in [4.78, 5) is 24.7. The molecule has 32 heavy (non-hydrogen) atoms. The summed E-state index contributed by atoms with van der Waals surface area (Å²) in [5.41, 5.74) is 3.52. The van der Waals surface area contributed by atoms with E-state index in [-0.39, 0.29) is 5.91 Å². The van der Waals surface area contributed by atoms with Gasteiger partial charge in [0.05, 0.1) is 12.1 Å². The number of aliphatic carboxylic acids is 1. The molecule has 2 aromatic heterocycles. The van der Waals surface area contributed by atoms with E-state index in [1.807, 2.05) is 43.3 Å². The van der Waals surface area contributed by atoms with Gasteiger partial charge in [-0.25, -0.2) is 4.79 Å². The number of aromatic nitrogens is 3. The van der Waals surface area contributed by atoms with Crippen LogP contribution in [0.3, 0.4) is 0 Å². The first-order valence-electron chi connectivity index (χ1n) is 9.51. The Hall–Kier alpha value is -3.25. The number of nitrogens with zero attached hydrogens (tertiary/aromatic N) is 2. The average Bonchev–Trinajstić information content (AvgIpc) is 3.32. The van der Waals surface area contributed by atoms with Crippen molar-refractivity contribution in [3.63, 3.8) is 0 Å². The predicted octanol–water partition coefficient (Wildman–Crippen LogP) is 3.09. The number of aromatic amines is 1. The molecule has 12 heteroatoms. The van der Waals surface area contributed by atoms with E-state index in [1.54, 1.807) is 11.3 Å². The lowest BCUT2D eigenvalue weighted by Gasteiger charge is -2.23. The van der Waals surface area contributed by atoms with Crippen molar-refractivity contribution in [1.29, 1.82) is 0 Å². The van der Waals surface area contributed by atoms with Gasteiger partial charge in [0, 0.05) is 30.4 Å². The van der Waals surface area contributed by atoms with Crippen molar-refractivity contribution in [2.24, 2.45) is 0 Å². The van der Waals surface area contributed by atoms with Crippen LogP contribution in [0.2, 0.25) is 0 Å². The molecule has 0 unspecified atom stereocenters. The highest BCUT2D eigenvalue weighted by Gasteiger charge is 2.38. The fourth-order valence-electron chi connectivity index (χ4n) is 2.78. The number of rotatable bonds is 5. The third-order valence-corrected chi connectivity index (χ3v) is 5.69. The first-order chi connectivity index (χ1) is 15.1. The number of aryl methyl sites for hydroxylation is 1. The van der Waals surface area contributed by atoms with Crippen LogP contribution in [0.1, 0.15) is 32.0 Å². The lowest BCUT2D eigenvalue weighted by atomic mass is 10.1. The Kier molecular flexibility index (Phi) is 7.26. The van der Waals surface area contributed by atoms with Gasteiger partial charge < -0.3 is 20.7 Å². The smallest absolute Gasteiger partial charge is 0.475 e. The number of amides is 1. The zero-order valence-corrected chi connectivity index (χ0v) is 17.7. The second kappa shape index (κ2) is 9.92. The lowest BCUT2D eigenvalue weighted by Crippen LogP contribution is -2.39. The van der Waals surface area contributed by atoms with Crippen LogP contribution in [0.5, 0.6) is 0 Å². The summed E-state index contributed by atoms with van der Waals surface area (Å²) in [6.07, 6.45) is -5.08. The van der Waals surface area contributed by atoms with E-state index >= 15 is 0 Å². The molecule has 1 aromatic carbocycles. The number of carbonyl (C=O) groups excluding carboxylic acids is 1. The monoisotopic (exact) mass is 467 g/mol. The number of hydrogen-bond donors (Lipinski definition) is 4. The molecular formula is C20H20F3N5O3S. The van der Waals surface area contributed by atoms with Gasteiger partial charge in [0.15, 0.2) is 0 Å². The maximum Gasteiger partial charge on any atom is 0.490 e. The Morgan fingerprint density at radius 2 is 1.88 bits per heavy atom. The number of alkyl halides is 3. The highest BCUT2D eigenvalue weighted by molar-refractivity contribution is 7.11. The third kappa shape index (κ3) is 5.92. The topological polar surface area (TPSA) is 120 Å². The molecule has 1 aliphatic heterocycles. The molecule has 1 amide bonds. The largest absolute Gasteiger partial charge is 0.490 e. The van der Waals surface area contributed by atoms with Crippen LogP contribution in [0.15, 0.2) is 36.4 Å². The van der Waals surface area contributed by atoms with Crippen LogP contribution in [0.4, 0.5) is 13.2 Å². The number of carboxylic acids is 1. The Morgan fingerprint density at radius 3 is 2.44 bits per heavy atom. The molecular weight excluding hydrogens is 447 g/mol. The van der Waals surface area contributed by atoms with E-state index in [9.17, 15) is 18.0 Å². The fraction of sp³-hybridized carbons (Fsp3) is 0.300. The van der Waals surface area contributed by atoms with Gasteiger partial charge in [-0.15, -0.1) is 10.2 Å². The Morgan fingerprint density at radius 1 is 1.22 bits per heavy atom. The summed E-state index contributed by atoms with van der Waals surface area (Å²) < 4.78 is 31.7. The molecule has 0 aliphatic carbocycles. The number of H-pyrrole nitrogens is 1. The quantitative estimate of drug-likeness (QED) is 0.458. The van der Waals surface area contributed by atoms with Crippen LogP contribution >= 0.6 is 11.3 Å². The minimum atomic E-state index is -5.08. The Balaban J connectivity index is 0.000000360. The molecule has 1 saturated heterocycles. The van der Waals surface area contributed by atoms with Gasteiger partial charge in [-0.1, -0.05) is 41.7 Å². The standard InChI is InChI=1S/C18H19N5OS.C2HF3O2/c1-11-14(7-15(21-11)12-5-3-2-4-6-12)17(24)20-10-16-22-23-18(25-16)13-8-19-9-13;3-2(4,5)1(6)7/h2-7,13,19,21H,8-10H2,1H3,(H,20,24);(H,6,7). The molecule has 4 N–H and O–H groups in total. The van der Waals surface area contributed by atoms with Gasteiger partial charge in [-0.2, -0.15) is 13.2 Å². The Labute approximate surface area is 184 Å². The van der Waals surface area contributed by atoms with Crippen molar-refractivity contribution < 1.29 is 27.9 Å². The number of hydrogen-bond acceptors (Lipinski definition) is 6. The van der Waals surface area contributed by atoms with E-state index < -0.39 is 12.1 Å². The van der Waals surface area contributed by atoms with Gasteiger partial charge in [-0.05, 0) is 18.6 Å². The van der Waals surface area contributed by atoms with Crippen molar-refractivity contribution in [3.8, 4) is 11.3 Å². The summed E-state index contributed by atoms with van der Waals surface area (Å²) in [5, 5.41) is 23.6. The van der Waals surface area contributed by atoms with Crippen LogP contribution < -0.4 is 10.6 Å². The maximum atomic E-state index is 12.5. The summed E-state index contributed by atoms with van der Waals surface area (Å²) in [6.45, 7) is 4.24. The van der Waals surface area contributed by atoms with Crippen molar-refractivity contribution >= 4 is 23.2 Å². The summed E-state index contributed by atoms with van der Waals surface area (Å²) in [7, 11) is 0. The van der Waals surface area contributed by atoms with E-state index in [0.29, 0.717) is 18.0 Å². The molecule has 1 aliphatic rings. The molecule has 170 valence electrons. The summed E-state index contributed by atoms with van der Waals surface area (Å²) in [6, 6.07) is 11.9. The number of nitrogens with one attached hydrogen (secondary N) is 3. The zero-order valence-electron chi connectivity index (χ0n) is 16.9. The molecule has 0 saturated carbocycles. The second-order valence-corrected chi connectivity index (χ2v) is 8.06. The molecule has 3 heterocycles. The molecule has 0 spiro atoms. The van der Waals surface area contributed by atoms with Crippen LogP contribution in [-0.4, -0.2) is 51.4 Å². The van der Waals surface area contributed by atoms with Crippen molar-refractivity contribution in [1.82, 2.24) is 25.8 Å². The minimum Gasteiger partial charge on any atom is -0.475 e. The van der Waals surface area contributed by atoms with E-state index in [0.717, 1.165) is 40.1 Å². The molecule has 3 aromatic rings. The number of halogens is 3. The lowest BCUT2D eigenvalue weighted by molar-refractivity contribution is -0.192. The van der Waals surface area contributed by atoms with E-state index in [4.69, 9.17) is 9.90 Å². The van der Waals surface area contributed by atoms with Gasteiger partial charge in [0.25, 0.3) is 5.91 Å². The van der Waals surface area contributed by atoms with Crippen molar-refractivity contribution in [2.75, 3.05) is 13.1 Å². The van der Waals surface area contributed by atoms with Gasteiger partial charge >= 0.3 is 12.1 Å². The van der Waals surface area contributed by atoms with Crippen molar-refractivity contribution in [2.45, 2.75) is 25.6 Å². The van der Waals surface area contributed by atoms with E-state index in [2.05, 4.69) is 25.8 Å². The predicted molar refractivity (Wildman–Crippen MR) is 111 cm³/mol. The second-order valence-electron chi connectivity index (χ2n) is 6.96. The van der Waals surface area contributed by atoms with Gasteiger partial charge in [0.1, 0.15) is 10.0 Å². The SMILES string of the molecule is Cc1[nH]c(-c2ccccc2)cc1C(=O)NCc1nnc(C2CNC2)s1.O=C(O)C(F)(F)F. The average molecular weight is 467 g/mol. The normalized spacial score (nSPS) is 13.6. The van der Waals surface area contributed by atoms with Gasteiger partial charge in [-0.3, -0.25) is 4.79 Å².